The maximum atomic E-state index is 11.9. The minimum atomic E-state index is -0.484. The van der Waals surface area contributed by atoms with E-state index in [1.165, 1.54) is 25.6 Å². The van der Waals surface area contributed by atoms with Crippen LogP contribution in [0.4, 0.5) is 0 Å². The van der Waals surface area contributed by atoms with E-state index in [2.05, 4.69) is 17.9 Å². The number of hydrogen-bond acceptors (Lipinski definition) is 6. The molecule has 0 N–H and O–H groups in total. The van der Waals surface area contributed by atoms with Crippen molar-refractivity contribution in [3.63, 3.8) is 0 Å². The first kappa shape index (κ1) is 18.0. The predicted molar refractivity (Wildman–Crippen MR) is 97.9 cm³/mol. The lowest BCUT2D eigenvalue weighted by Gasteiger charge is -2.11. The molecule has 3 rings (SSSR count). The van der Waals surface area contributed by atoms with Crippen molar-refractivity contribution in [3.8, 4) is 34.1 Å². The van der Waals surface area contributed by atoms with E-state index < -0.39 is 5.97 Å². The van der Waals surface area contributed by atoms with Gasteiger partial charge in [-0.3, -0.25) is 0 Å². The zero-order valence-corrected chi connectivity index (χ0v) is 15.3. The highest BCUT2D eigenvalue weighted by Gasteiger charge is 2.19. The lowest BCUT2D eigenvalue weighted by molar-refractivity contribution is 0.0465. The summed E-state index contributed by atoms with van der Waals surface area (Å²) in [5, 5.41) is 9.37. The van der Waals surface area contributed by atoms with Gasteiger partial charge in [0.15, 0.2) is 6.79 Å². The minimum Gasteiger partial charge on any atom is -0.467 e. The molecule has 1 aromatic heterocycles. The molecule has 1 fully saturated rings. The lowest BCUT2D eigenvalue weighted by atomic mass is 10.1. The van der Waals surface area contributed by atoms with Crippen LogP contribution >= 0.6 is 11.3 Å². The van der Waals surface area contributed by atoms with Gasteiger partial charge in [-0.25, -0.2) is 4.79 Å². The Morgan fingerprint density at radius 2 is 2.12 bits per heavy atom. The summed E-state index contributed by atoms with van der Waals surface area (Å²) in [6.07, 6.45) is 2.28. The molecule has 0 unspecified atom stereocenters. The lowest BCUT2D eigenvalue weighted by Crippen LogP contribution is -2.07. The molecule has 26 heavy (non-hydrogen) atoms. The Kier molecular flexibility index (Phi) is 5.58. The number of esters is 1. The number of thiophene rings is 1. The van der Waals surface area contributed by atoms with Gasteiger partial charge in [-0.1, -0.05) is 17.9 Å². The summed E-state index contributed by atoms with van der Waals surface area (Å²) in [6, 6.07) is 9.21. The first-order chi connectivity index (χ1) is 12.7. The third kappa shape index (κ3) is 4.05. The highest BCUT2D eigenvalue weighted by atomic mass is 32.1. The van der Waals surface area contributed by atoms with Crippen LogP contribution in [0.5, 0.6) is 5.75 Å². The zero-order valence-electron chi connectivity index (χ0n) is 14.5. The zero-order chi connectivity index (χ0) is 18.5. The van der Waals surface area contributed by atoms with Crippen LogP contribution < -0.4 is 4.74 Å². The highest BCUT2D eigenvalue weighted by molar-refractivity contribution is 7.16. The number of nitriles is 1. The van der Waals surface area contributed by atoms with Crippen molar-refractivity contribution in [2.45, 2.75) is 12.8 Å². The molecular formula is C20H17NO4S. The Labute approximate surface area is 156 Å². The Balaban J connectivity index is 1.97. The molecule has 0 saturated heterocycles. The summed E-state index contributed by atoms with van der Waals surface area (Å²) >= 11 is 1.46. The Morgan fingerprint density at radius 3 is 2.77 bits per heavy atom. The topological polar surface area (TPSA) is 68.5 Å². The minimum absolute atomic E-state index is 0.0133. The maximum Gasteiger partial charge on any atom is 0.341 e. The van der Waals surface area contributed by atoms with Gasteiger partial charge in [-0.2, -0.15) is 5.26 Å². The largest absolute Gasteiger partial charge is 0.467 e. The fourth-order valence-electron chi connectivity index (χ4n) is 2.30. The number of methoxy groups -OCH3 is 2. The average Bonchev–Trinajstić information content (AvgIpc) is 3.41. The van der Waals surface area contributed by atoms with E-state index in [4.69, 9.17) is 14.2 Å². The van der Waals surface area contributed by atoms with Gasteiger partial charge in [0.2, 0.25) is 0 Å². The number of rotatable bonds is 5. The predicted octanol–water partition coefficient (Wildman–Crippen LogP) is 3.82. The molecule has 0 radical (unpaired) electrons. The first-order valence-electron chi connectivity index (χ1n) is 8.06. The molecule has 1 aliphatic rings. The van der Waals surface area contributed by atoms with Crippen LogP contribution in [-0.4, -0.2) is 27.0 Å². The summed E-state index contributed by atoms with van der Waals surface area (Å²) in [5.41, 5.74) is 1.72. The number of benzene rings is 1. The molecule has 0 atom stereocenters. The molecule has 5 nitrogen and oxygen atoms in total. The van der Waals surface area contributed by atoms with Gasteiger partial charge in [0, 0.05) is 17.9 Å². The SMILES string of the molecule is COCOc1cc(-c2cc(C#N)c(C#CC3CC3)s2)ccc1C(=O)OC. The van der Waals surface area contributed by atoms with Crippen LogP contribution in [0, 0.1) is 29.1 Å². The third-order valence-electron chi connectivity index (χ3n) is 3.82. The van der Waals surface area contributed by atoms with Gasteiger partial charge in [0.1, 0.15) is 17.4 Å². The van der Waals surface area contributed by atoms with Crippen LogP contribution in [0.25, 0.3) is 10.4 Å². The first-order valence-corrected chi connectivity index (χ1v) is 8.88. The van der Waals surface area contributed by atoms with Gasteiger partial charge in [0.25, 0.3) is 0 Å². The van der Waals surface area contributed by atoms with Crippen molar-refractivity contribution in [2.75, 3.05) is 21.0 Å². The Morgan fingerprint density at radius 1 is 1.31 bits per heavy atom. The molecular weight excluding hydrogens is 350 g/mol. The fraction of sp³-hybridized carbons (Fsp3) is 0.300. The van der Waals surface area contributed by atoms with Gasteiger partial charge in [-0.15, -0.1) is 11.3 Å². The summed E-state index contributed by atoms with van der Waals surface area (Å²) < 4.78 is 15.2. The highest BCUT2D eigenvalue weighted by Crippen LogP contribution is 2.35. The van der Waals surface area contributed by atoms with Gasteiger partial charge in [0.05, 0.1) is 17.6 Å². The van der Waals surface area contributed by atoms with Crippen molar-refractivity contribution < 1.29 is 19.0 Å². The van der Waals surface area contributed by atoms with Crippen LogP contribution in [-0.2, 0) is 9.47 Å². The van der Waals surface area contributed by atoms with Gasteiger partial charge < -0.3 is 14.2 Å². The molecule has 0 bridgehead atoms. The van der Waals surface area contributed by atoms with E-state index >= 15 is 0 Å². The van der Waals surface area contributed by atoms with Gasteiger partial charge in [-0.05, 0) is 36.6 Å². The third-order valence-corrected chi connectivity index (χ3v) is 4.92. The molecule has 0 amide bonds. The van der Waals surface area contributed by atoms with Gasteiger partial charge >= 0.3 is 5.97 Å². The molecule has 6 heteroatoms. The van der Waals surface area contributed by atoms with E-state index in [-0.39, 0.29) is 6.79 Å². The molecule has 2 aromatic rings. The number of carbonyl (C=O) groups excluding carboxylic acids is 1. The van der Waals surface area contributed by atoms with Crippen LogP contribution in [0.2, 0.25) is 0 Å². The number of ether oxygens (including phenoxy) is 3. The summed E-state index contributed by atoms with van der Waals surface area (Å²) in [5.74, 6) is 6.67. The maximum absolute atomic E-state index is 11.9. The molecule has 0 aliphatic heterocycles. The van der Waals surface area contributed by atoms with Crippen molar-refractivity contribution in [3.05, 3.63) is 40.3 Å². The van der Waals surface area contributed by atoms with Crippen molar-refractivity contribution >= 4 is 17.3 Å². The summed E-state index contributed by atoms with van der Waals surface area (Å²) in [6.45, 7) is 0.0133. The normalized spacial score (nSPS) is 12.7. The van der Waals surface area contributed by atoms with E-state index in [0.717, 1.165) is 28.2 Å². The molecule has 1 aliphatic carbocycles. The van der Waals surface area contributed by atoms with Crippen LogP contribution in [0.15, 0.2) is 24.3 Å². The Bertz CT molecular complexity index is 926. The second-order valence-corrected chi connectivity index (χ2v) is 6.81. The number of hydrogen-bond donors (Lipinski definition) is 0. The smallest absolute Gasteiger partial charge is 0.341 e. The van der Waals surface area contributed by atoms with Crippen LogP contribution in [0.3, 0.4) is 0 Å². The second-order valence-electron chi connectivity index (χ2n) is 5.76. The monoisotopic (exact) mass is 367 g/mol. The Hall–Kier alpha value is -2.80. The molecule has 0 spiro atoms. The number of carbonyl (C=O) groups is 1. The van der Waals surface area contributed by atoms with Crippen molar-refractivity contribution in [1.29, 1.82) is 5.26 Å². The molecule has 1 saturated carbocycles. The summed E-state index contributed by atoms with van der Waals surface area (Å²) in [7, 11) is 2.82. The van der Waals surface area contributed by atoms with E-state index in [0.29, 0.717) is 22.8 Å². The number of nitrogens with zero attached hydrogens (tertiary/aromatic N) is 1. The molecule has 132 valence electrons. The summed E-state index contributed by atoms with van der Waals surface area (Å²) in [4.78, 5) is 13.6. The molecule has 1 aromatic carbocycles. The molecule has 1 heterocycles. The van der Waals surface area contributed by atoms with E-state index in [1.54, 1.807) is 18.2 Å². The second kappa shape index (κ2) is 8.05. The van der Waals surface area contributed by atoms with Crippen molar-refractivity contribution in [1.82, 2.24) is 0 Å². The quantitative estimate of drug-likeness (QED) is 0.456. The fourth-order valence-corrected chi connectivity index (χ4v) is 3.27. The van der Waals surface area contributed by atoms with E-state index in [1.807, 2.05) is 6.07 Å². The van der Waals surface area contributed by atoms with Crippen molar-refractivity contribution in [2.24, 2.45) is 5.92 Å². The average molecular weight is 367 g/mol. The van der Waals surface area contributed by atoms with Crippen LogP contribution in [0.1, 0.15) is 33.6 Å². The standard InChI is InChI=1S/C20H17NO4S/c1-23-12-25-17-9-14(6-7-16(17)20(22)24-2)19-10-15(11-21)18(26-19)8-5-13-3-4-13/h6-7,9-10,13H,3-4,12H2,1-2H3. The van der Waals surface area contributed by atoms with E-state index in [9.17, 15) is 10.1 Å².